The van der Waals surface area contributed by atoms with Crippen molar-refractivity contribution in [3.05, 3.63) is 9.67 Å². The Bertz CT molecular complexity index is 646. The summed E-state index contributed by atoms with van der Waals surface area (Å²) >= 11 is -3.11. The van der Waals surface area contributed by atoms with Crippen molar-refractivity contribution in [3.63, 3.8) is 0 Å². The minimum absolute atomic E-state index is 0.206. The van der Waals surface area contributed by atoms with E-state index in [4.69, 9.17) is 14.2 Å². The van der Waals surface area contributed by atoms with Crippen LogP contribution in [-0.2, 0) is 19.0 Å². The average molecular weight is 574 g/mol. The van der Waals surface area contributed by atoms with Crippen molar-refractivity contribution < 1.29 is 23.8 Å². The second-order valence-electron chi connectivity index (χ2n) is 10.8. The van der Waals surface area contributed by atoms with Gasteiger partial charge in [-0.05, 0) is 0 Å². The van der Waals surface area contributed by atoms with Gasteiger partial charge < -0.3 is 0 Å². The summed E-state index contributed by atoms with van der Waals surface area (Å²) in [5.41, 5.74) is -1.42. The minimum atomic E-state index is -3.11. The molecule has 0 radical (unpaired) electrons. The Morgan fingerprint density at radius 1 is 1.03 bits per heavy atom. The summed E-state index contributed by atoms with van der Waals surface area (Å²) in [6, 6.07) is -0.343. The molecule has 6 nitrogen and oxygen atoms in total. The molecule has 0 aromatic carbocycles. The Morgan fingerprint density at radius 2 is 1.52 bits per heavy atom. The number of methoxy groups -OCH3 is 1. The molecule has 1 amide bonds. The van der Waals surface area contributed by atoms with Crippen molar-refractivity contribution in [2.75, 3.05) is 13.7 Å². The number of rotatable bonds is 12. The van der Waals surface area contributed by atoms with Crippen molar-refractivity contribution in [3.8, 4) is 0 Å². The van der Waals surface area contributed by atoms with E-state index in [0.717, 1.165) is 55.4 Å². The van der Waals surface area contributed by atoms with E-state index in [0.29, 0.717) is 6.61 Å². The number of carbonyl (C=O) groups excluding carboxylic acids is 2. The van der Waals surface area contributed by atoms with E-state index >= 15 is 0 Å². The third-order valence-corrected chi connectivity index (χ3v) is 22.0. The average Bonchev–Trinajstić information content (AvgIpc) is 3.04. The molecule has 1 saturated heterocycles. The maximum atomic E-state index is 13.3. The van der Waals surface area contributed by atoms with Gasteiger partial charge in [-0.3, -0.25) is 0 Å². The number of ether oxygens (including phenoxy) is 3. The number of hydrogen-bond acceptors (Lipinski definition) is 5. The van der Waals surface area contributed by atoms with E-state index in [2.05, 4.69) is 20.8 Å². The zero-order valence-electron chi connectivity index (χ0n) is 22.7. The molecule has 1 rings (SSSR count). The Labute approximate surface area is 206 Å². The fourth-order valence-electron chi connectivity index (χ4n) is 4.71. The van der Waals surface area contributed by atoms with Crippen molar-refractivity contribution in [2.24, 2.45) is 0 Å². The SMILES string of the molecule is CCC[CH2][Sn]([CH2]CCC)([CH2]CCC)/[C](=C/[C@H]1COC(C)(C)N1C(=O)OC(C)(C)C)C(=O)OC. The van der Waals surface area contributed by atoms with Gasteiger partial charge >= 0.3 is 207 Å². The van der Waals surface area contributed by atoms with E-state index in [1.165, 1.54) is 7.11 Å². The van der Waals surface area contributed by atoms with Gasteiger partial charge in [-0.15, -0.1) is 0 Å². The molecule has 0 aliphatic carbocycles. The number of hydrogen-bond donors (Lipinski definition) is 0. The number of nitrogens with zero attached hydrogens (tertiary/aromatic N) is 1. The van der Waals surface area contributed by atoms with Gasteiger partial charge in [0, 0.05) is 0 Å². The van der Waals surface area contributed by atoms with E-state index in [1.54, 1.807) is 4.90 Å². The molecular formula is C26H49NO5Sn. The van der Waals surface area contributed by atoms with Gasteiger partial charge in [0.2, 0.25) is 0 Å². The maximum absolute atomic E-state index is 13.3. The summed E-state index contributed by atoms with van der Waals surface area (Å²) < 4.78 is 21.5. The molecule has 192 valence electrons. The zero-order valence-corrected chi connectivity index (χ0v) is 25.6. The summed E-state index contributed by atoms with van der Waals surface area (Å²) in [5.74, 6) is -0.206. The van der Waals surface area contributed by atoms with Gasteiger partial charge in [0.15, 0.2) is 0 Å². The first kappa shape index (κ1) is 30.3. The summed E-state index contributed by atoms with van der Waals surface area (Å²) in [7, 11) is 1.48. The fraction of sp³-hybridized carbons (Fsp3) is 0.846. The van der Waals surface area contributed by atoms with Crippen LogP contribution in [0, 0.1) is 0 Å². The normalized spacial score (nSPS) is 19.0. The second-order valence-corrected chi connectivity index (χ2v) is 24.0. The second kappa shape index (κ2) is 13.4. The van der Waals surface area contributed by atoms with E-state index in [1.807, 2.05) is 40.7 Å². The van der Waals surface area contributed by atoms with Crippen LogP contribution in [0.1, 0.15) is 93.9 Å². The molecule has 0 saturated carbocycles. The molecule has 1 heterocycles. The Hall–Kier alpha value is -0.761. The van der Waals surface area contributed by atoms with Crippen LogP contribution in [0.4, 0.5) is 4.79 Å². The van der Waals surface area contributed by atoms with E-state index in [-0.39, 0.29) is 12.0 Å². The predicted molar refractivity (Wildman–Crippen MR) is 137 cm³/mol. The summed E-state index contributed by atoms with van der Waals surface area (Å²) in [4.78, 5) is 28.1. The predicted octanol–water partition coefficient (Wildman–Crippen LogP) is 6.85. The molecule has 0 spiro atoms. The van der Waals surface area contributed by atoms with Crippen molar-refractivity contribution in [1.29, 1.82) is 0 Å². The third-order valence-electron chi connectivity index (χ3n) is 6.47. The van der Waals surface area contributed by atoms with Gasteiger partial charge in [-0.1, -0.05) is 0 Å². The van der Waals surface area contributed by atoms with Crippen LogP contribution < -0.4 is 0 Å². The van der Waals surface area contributed by atoms with E-state index in [9.17, 15) is 9.59 Å². The molecular weight excluding hydrogens is 525 g/mol. The van der Waals surface area contributed by atoms with Crippen LogP contribution >= 0.6 is 0 Å². The Balaban J connectivity index is 3.55. The molecule has 0 aromatic heterocycles. The first-order valence-electron chi connectivity index (χ1n) is 12.8. The third kappa shape index (κ3) is 8.75. The van der Waals surface area contributed by atoms with Crippen LogP contribution in [0.5, 0.6) is 0 Å². The molecule has 33 heavy (non-hydrogen) atoms. The van der Waals surface area contributed by atoms with E-state index < -0.39 is 35.8 Å². The van der Waals surface area contributed by atoms with Crippen LogP contribution in [0.2, 0.25) is 13.3 Å². The molecule has 7 heteroatoms. The van der Waals surface area contributed by atoms with Crippen LogP contribution in [0.3, 0.4) is 0 Å². The van der Waals surface area contributed by atoms with Gasteiger partial charge in [-0.25, -0.2) is 0 Å². The molecule has 0 N–H and O–H groups in total. The van der Waals surface area contributed by atoms with Crippen molar-refractivity contribution >= 4 is 30.4 Å². The van der Waals surface area contributed by atoms with Crippen LogP contribution in [0.15, 0.2) is 9.67 Å². The molecule has 1 aliphatic heterocycles. The monoisotopic (exact) mass is 575 g/mol. The first-order valence-corrected chi connectivity index (χ1v) is 20.3. The van der Waals surface area contributed by atoms with Crippen molar-refractivity contribution in [2.45, 2.75) is 125 Å². The first-order chi connectivity index (χ1) is 15.4. The van der Waals surface area contributed by atoms with Gasteiger partial charge in [-0.2, -0.15) is 0 Å². The molecule has 1 atom stereocenters. The zero-order chi connectivity index (χ0) is 25.3. The molecule has 0 bridgehead atoms. The number of unbranched alkanes of at least 4 members (excludes halogenated alkanes) is 3. The molecule has 1 fully saturated rings. The number of esters is 1. The van der Waals surface area contributed by atoms with Gasteiger partial charge in [0.05, 0.1) is 0 Å². The summed E-state index contributed by atoms with van der Waals surface area (Å²) in [5, 5.41) is 0. The fourth-order valence-corrected chi connectivity index (χ4v) is 21.1. The van der Waals surface area contributed by atoms with Crippen LogP contribution in [0.25, 0.3) is 0 Å². The molecule has 0 aromatic rings. The summed E-state index contributed by atoms with van der Waals surface area (Å²) in [6.45, 7) is 16.3. The Morgan fingerprint density at radius 3 is 1.91 bits per heavy atom. The Kier molecular flexibility index (Phi) is 12.3. The standard InChI is InChI=1S/C14H22NO5.3C4H9.Sn/c1-13(2,3)20-12(17)15-10(7-8-11(16)18-6)9-19-14(15,4)5;3*1-3-4-2;/h7,10H,9H2,1-6H3;3*1,3-4H2,2H3;/t10-;;;;/m0..../s1. The molecule has 0 unspecified atom stereocenters. The number of amides is 1. The van der Waals surface area contributed by atoms with Crippen molar-refractivity contribution in [1.82, 2.24) is 4.90 Å². The number of carbonyl (C=O) groups is 2. The van der Waals surface area contributed by atoms with Gasteiger partial charge in [0.1, 0.15) is 0 Å². The quantitative estimate of drug-likeness (QED) is 0.145. The van der Waals surface area contributed by atoms with Crippen LogP contribution in [-0.4, -0.2) is 66.4 Å². The topological polar surface area (TPSA) is 65.1 Å². The molecule has 1 aliphatic rings. The van der Waals surface area contributed by atoms with Gasteiger partial charge in [0.25, 0.3) is 0 Å². The summed E-state index contributed by atoms with van der Waals surface area (Å²) in [6.07, 6.45) is 8.41.